The monoisotopic (exact) mass is 198 g/mol. The van der Waals surface area contributed by atoms with Crippen LogP contribution in [0, 0.1) is 0 Å². The molecule has 0 spiro atoms. The van der Waals surface area contributed by atoms with E-state index in [0.717, 1.165) is 26.1 Å². The summed E-state index contributed by atoms with van der Waals surface area (Å²) in [4.78, 5) is 4.44. The van der Waals surface area contributed by atoms with Gasteiger partial charge in [0.25, 0.3) is 0 Å². The number of rotatable bonds is 6. The average Bonchev–Trinajstić information content (AvgIpc) is 2.25. The van der Waals surface area contributed by atoms with Crippen LogP contribution in [0.25, 0.3) is 0 Å². The molecule has 0 fully saturated rings. The molecular formula is C11H22N2O. The molecule has 0 saturated carbocycles. The van der Waals surface area contributed by atoms with Crippen LogP contribution in [0.3, 0.4) is 0 Å². The van der Waals surface area contributed by atoms with Crippen molar-refractivity contribution < 1.29 is 4.74 Å². The maximum Gasteiger partial charge on any atom is 0.0963 e. The highest BCUT2D eigenvalue weighted by Gasteiger charge is 2.02. The normalized spacial score (nSPS) is 16.5. The summed E-state index contributed by atoms with van der Waals surface area (Å²) in [6.45, 7) is 2.98. The van der Waals surface area contributed by atoms with E-state index >= 15 is 0 Å². The second kappa shape index (κ2) is 7.80. The van der Waals surface area contributed by atoms with Crippen molar-refractivity contribution >= 4 is 5.84 Å². The second-order valence-corrected chi connectivity index (χ2v) is 3.77. The molecule has 3 heteroatoms. The first-order valence-corrected chi connectivity index (χ1v) is 5.69. The zero-order chi connectivity index (χ0) is 10.1. The van der Waals surface area contributed by atoms with E-state index in [0.29, 0.717) is 0 Å². The van der Waals surface area contributed by atoms with E-state index in [1.54, 1.807) is 7.11 Å². The topological polar surface area (TPSA) is 33.6 Å². The van der Waals surface area contributed by atoms with Crippen LogP contribution in [-0.2, 0) is 4.74 Å². The van der Waals surface area contributed by atoms with E-state index in [9.17, 15) is 0 Å². The molecule has 0 aromatic rings. The predicted octanol–water partition coefficient (Wildman–Crippen LogP) is 1.98. The zero-order valence-electron chi connectivity index (χ0n) is 9.22. The van der Waals surface area contributed by atoms with Crippen molar-refractivity contribution in [3.63, 3.8) is 0 Å². The quantitative estimate of drug-likeness (QED) is 0.662. The summed E-state index contributed by atoms with van der Waals surface area (Å²) < 4.78 is 4.99. The number of nitrogens with one attached hydrogen (secondary N) is 1. The van der Waals surface area contributed by atoms with Crippen LogP contribution in [0.4, 0.5) is 0 Å². The summed E-state index contributed by atoms with van der Waals surface area (Å²) in [5.41, 5.74) is 0. The van der Waals surface area contributed by atoms with Gasteiger partial charge in [0.1, 0.15) is 0 Å². The molecule has 1 N–H and O–H groups in total. The van der Waals surface area contributed by atoms with Crippen LogP contribution in [-0.4, -0.2) is 32.6 Å². The van der Waals surface area contributed by atoms with Crippen LogP contribution >= 0.6 is 0 Å². The molecule has 1 aliphatic rings. The lowest BCUT2D eigenvalue weighted by Gasteiger charge is -2.13. The van der Waals surface area contributed by atoms with E-state index in [1.165, 1.54) is 37.9 Å². The molecule has 0 bridgehead atoms. The highest BCUT2D eigenvalue weighted by Crippen LogP contribution is 2.04. The van der Waals surface area contributed by atoms with E-state index < -0.39 is 0 Å². The SMILES string of the molecule is COCCCCCNC1=NCCCC1. The third-order valence-corrected chi connectivity index (χ3v) is 2.48. The third-order valence-electron chi connectivity index (χ3n) is 2.48. The van der Waals surface area contributed by atoms with Crippen molar-refractivity contribution in [3.8, 4) is 0 Å². The molecule has 0 saturated heterocycles. The second-order valence-electron chi connectivity index (χ2n) is 3.77. The lowest BCUT2D eigenvalue weighted by molar-refractivity contribution is 0.192. The molecule has 1 heterocycles. The van der Waals surface area contributed by atoms with Gasteiger partial charge in [-0.1, -0.05) is 0 Å². The Balaban J connectivity index is 1.90. The molecular weight excluding hydrogens is 176 g/mol. The molecule has 14 heavy (non-hydrogen) atoms. The fourth-order valence-corrected chi connectivity index (χ4v) is 1.62. The van der Waals surface area contributed by atoms with Gasteiger partial charge in [0.15, 0.2) is 0 Å². The van der Waals surface area contributed by atoms with Gasteiger partial charge in [-0.3, -0.25) is 4.99 Å². The lowest BCUT2D eigenvalue weighted by atomic mass is 10.2. The Morgan fingerprint density at radius 2 is 2.21 bits per heavy atom. The Kier molecular flexibility index (Phi) is 6.41. The number of methoxy groups -OCH3 is 1. The minimum atomic E-state index is 0.890. The van der Waals surface area contributed by atoms with Gasteiger partial charge in [-0.05, 0) is 32.1 Å². The number of unbranched alkanes of at least 4 members (excludes halogenated alkanes) is 2. The Bertz CT molecular complexity index is 169. The van der Waals surface area contributed by atoms with Gasteiger partial charge in [0.2, 0.25) is 0 Å². The summed E-state index contributed by atoms with van der Waals surface area (Å²) in [5.74, 6) is 1.22. The number of nitrogens with zero attached hydrogens (tertiary/aromatic N) is 1. The fraction of sp³-hybridized carbons (Fsp3) is 0.909. The van der Waals surface area contributed by atoms with Gasteiger partial charge in [0.05, 0.1) is 5.84 Å². The van der Waals surface area contributed by atoms with Gasteiger partial charge < -0.3 is 10.1 Å². The zero-order valence-corrected chi connectivity index (χ0v) is 9.22. The molecule has 0 aliphatic carbocycles. The Hall–Kier alpha value is -0.570. The molecule has 0 aromatic heterocycles. The summed E-state index contributed by atoms with van der Waals surface area (Å²) in [7, 11) is 1.76. The van der Waals surface area contributed by atoms with Crippen molar-refractivity contribution in [2.45, 2.75) is 38.5 Å². The summed E-state index contributed by atoms with van der Waals surface area (Å²) in [6.07, 6.45) is 7.35. The van der Waals surface area contributed by atoms with Crippen LogP contribution < -0.4 is 5.32 Å². The first-order chi connectivity index (χ1) is 6.93. The van der Waals surface area contributed by atoms with Crippen molar-refractivity contribution in [1.29, 1.82) is 0 Å². The molecule has 0 aromatic carbocycles. The Morgan fingerprint density at radius 1 is 1.29 bits per heavy atom. The van der Waals surface area contributed by atoms with Gasteiger partial charge in [-0.2, -0.15) is 0 Å². The number of hydrogen-bond acceptors (Lipinski definition) is 3. The minimum absolute atomic E-state index is 0.890. The lowest BCUT2D eigenvalue weighted by Crippen LogP contribution is -2.26. The first-order valence-electron chi connectivity index (χ1n) is 5.69. The van der Waals surface area contributed by atoms with Gasteiger partial charge in [0, 0.05) is 33.2 Å². The molecule has 3 nitrogen and oxygen atoms in total. The van der Waals surface area contributed by atoms with Crippen molar-refractivity contribution in [3.05, 3.63) is 0 Å². The summed E-state index contributed by atoms with van der Waals surface area (Å²) in [5, 5.41) is 3.41. The average molecular weight is 198 g/mol. The number of ether oxygens (including phenoxy) is 1. The molecule has 82 valence electrons. The van der Waals surface area contributed by atoms with Crippen molar-refractivity contribution in [2.75, 3.05) is 26.8 Å². The van der Waals surface area contributed by atoms with Crippen LogP contribution in [0.2, 0.25) is 0 Å². The minimum Gasteiger partial charge on any atom is -0.385 e. The number of hydrogen-bond donors (Lipinski definition) is 1. The molecule has 0 atom stereocenters. The Labute approximate surface area is 86.9 Å². The fourth-order valence-electron chi connectivity index (χ4n) is 1.62. The molecule has 1 aliphatic heterocycles. The molecule has 1 rings (SSSR count). The molecule has 0 amide bonds. The number of aliphatic imine (C=N–C) groups is 1. The smallest absolute Gasteiger partial charge is 0.0963 e. The Morgan fingerprint density at radius 3 is 2.93 bits per heavy atom. The molecule has 0 unspecified atom stereocenters. The standard InChI is InChI=1S/C11H22N2O/c1-14-10-6-2-4-8-12-11-7-3-5-9-13-11/h2-10H2,1H3,(H,12,13). The predicted molar refractivity (Wildman–Crippen MR) is 59.9 cm³/mol. The highest BCUT2D eigenvalue weighted by molar-refractivity contribution is 5.82. The van der Waals surface area contributed by atoms with Gasteiger partial charge in [-0.15, -0.1) is 0 Å². The van der Waals surface area contributed by atoms with Crippen molar-refractivity contribution in [2.24, 2.45) is 4.99 Å². The van der Waals surface area contributed by atoms with Crippen LogP contribution in [0.5, 0.6) is 0 Å². The summed E-state index contributed by atoms with van der Waals surface area (Å²) >= 11 is 0. The van der Waals surface area contributed by atoms with E-state index in [4.69, 9.17) is 4.74 Å². The highest BCUT2D eigenvalue weighted by atomic mass is 16.5. The van der Waals surface area contributed by atoms with E-state index in [-0.39, 0.29) is 0 Å². The van der Waals surface area contributed by atoms with E-state index in [2.05, 4.69) is 10.3 Å². The maximum atomic E-state index is 4.99. The molecule has 0 radical (unpaired) electrons. The van der Waals surface area contributed by atoms with E-state index in [1.807, 2.05) is 0 Å². The van der Waals surface area contributed by atoms with Gasteiger partial charge >= 0.3 is 0 Å². The summed E-state index contributed by atoms with van der Waals surface area (Å²) in [6, 6.07) is 0. The maximum absolute atomic E-state index is 4.99. The first kappa shape index (κ1) is 11.5. The van der Waals surface area contributed by atoms with Crippen LogP contribution in [0.15, 0.2) is 4.99 Å². The van der Waals surface area contributed by atoms with Gasteiger partial charge in [-0.25, -0.2) is 0 Å². The third kappa shape index (κ3) is 5.22. The number of amidine groups is 1. The van der Waals surface area contributed by atoms with Crippen molar-refractivity contribution in [1.82, 2.24) is 5.32 Å². The van der Waals surface area contributed by atoms with Crippen LogP contribution in [0.1, 0.15) is 38.5 Å². The largest absolute Gasteiger partial charge is 0.385 e.